The van der Waals surface area contributed by atoms with Gasteiger partial charge >= 0.3 is 60.3 Å². The Hall–Kier alpha value is 2.61. The van der Waals surface area contributed by atoms with Crippen molar-refractivity contribution in [1.29, 1.82) is 0 Å². The molecular formula is C4H12Br4IN. The van der Waals surface area contributed by atoms with Gasteiger partial charge in [0.25, 0.3) is 0 Å². The summed E-state index contributed by atoms with van der Waals surface area (Å²) in [7, 11) is 6.81. The number of quaternary nitrogens is 1. The Balaban J connectivity index is 0. The summed E-state index contributed by atoms with van der Waals surface area (Å²) in [6.07, 6.45) is 0. The Morgan fingerprint density at radius 1 is 0.800 bits per heavy atom. The van der Waals surface area contributed by atoms with Crippen molar-refractivity contribution < 1.29 is 14.0 Å². The first kappa shape index (κ1) is 15.1. The van der Waals surface area contributed by atoms with E-state index in [-0.39, 0.29) is 0 Å². The van der Waals surface area contributed by atoms with Gasteiger partial charge in [0.1, 0.15) is 0 Å². The Labute approximate surface area is 91.4 Å². The van der Waals surface area contributed by atoms with Crippen molar-refractivity contribution in [3.63, 3.8) is 0 Å². The zero-order valence-corrected chi connectivity index (χ0v) is 14.8. The standard InChI is InChI=1S/C4H12N.Br4I/c2*1-5(2,3)4/h1-4H3;/q+1;-1. The summed E-state index contributed by atoms with van der Waals surface area (Å²) in [6.45, 7) is 0. The molecule has 0 unspecified atom stereocenters. The summed E-state index contributed by atoms with van der Waals surface area (Å²) in [5.41, 5.74) is 0. The van der Waals surface area contributed by atoms with E-state index in [4.69, 9.17) is 0 Å². The number of nitrogens with zero attached hydrogens (tertiary/aromatic N) is 1. The van der Waals surface area contributed by atoms with E-state index in [1.165, 1.54) is 0 Å². The van der Waals surface area contributed by atoms with E-state index in [9.17, 15) is 0 Å². The quantitative estimate of drug-likeness (QED) is 0.326. The van der Waals surface area contributed by atoms with Crippen LogP contribution < -0.4 is 9.53 Å². The Bertz CT molecular complexity index is 60.2. The van der Waals surface area contributed by atoms with Crippen LogP contribution in [-0.2, 0) is 0 Å². The van der Waals surface area contributed by atoms with E-state index in [2.05, 4.69) is 79.0 Å². The fraction of sp³-hybridized carbons (Fsp3) is 1.00. The van der Waals surface area contributed by atoms with Gasteiger partial charge in [-0.1, -0.05) is 0 Å². The van der Waals surface area contributed by atoms with E-state index in [1.807, 2.05) is 0 Å². The van der Waals surface area contributed by atoms with Gasteiger partial charge in [-0.2, -0.15) is 0 Å². The van der Waals surface area contributed by atoms with Crippen molar-refractivity contribution in [2.75, 3.05) is 28.2 Å². The van der Waals surface area contributed by atoms with Gasteiger partial charge in [0.2, 0.25) is 0 Å². The van der Waals surface area contributed by atoms with Gasteiger partial charge in [0.05, 0.1) is 28.2 Å². The molecule has 0 radical (unpaired) electrons. The monoisotopic (exact) mass is 517 g/mol. The molecule has 0 bridgehead atoms. The Morgan fingerprint density at radius 2 is 0.800 bits per heavy atom. The second-order valence-electron chi connectivity index (χ2n) is 3.01. The van der Waals surface area contributed by atoms with Gasteiger partial charge in [-0.15, -0.1) is 0 Å². The zero-order valence-electron chi connectivity index (χ0n) is 6.34. The van der Waals surface area contributed by atoms with E-state index in [1.54, 1.807) is 0 Å². The molecule has 0 aromatic carbocycles. The smallest absolute Gasteiger partial charge is 0.0675 e. The average molecular weight is 521 g/mol. The number of hydrogen-bond donors (Lipinski definition) is 0. The van der Waals surface area contributed by atoms with Crippen molar-refractivity contribution in [2.24, 2.45) is 0 Å². The topological polar surface area (TPSA) is 0 Å². The van der Waals surface area contributed by atoms with Crippen LogP contribution in [0.25, 0.3) is 0 Å². The van der Waals surface area contributed by atoms with Crippen LogP contribution in [0, 0.1) is 0 Å². The maximum absolute atomic E-state index is 3.30. The van der Waals surface area contributed by atoms with Crippen LogP contribution in [0.5, 0.6) is 0 Å². The molecule has 0 saturated heterocycles. The molecule has 0 spiro atoms. The maximum atomic E-state index is 3.30. The van der Waals surface area contributed by atoms with Crippen molar-refractivity contribution in [1.82, 2.24) is 0 Å². The fourth-order valence-electron chi connectivity index (χ4n) is 0. The summed E-state index contributed by atoms with van der Waals surface area (Å²) in [5, 5.41) is 0. The maximum Gasteiger partial charge on any atom is 0.0675 e. The summed E-state index contributed by atoms with van der Waals surface area (Å²) in [5.74, 6) is 0. The predicted molar refractivity (Wildman–Crippen MR) is 59.7 cm³/mol. The first-order valence-corrected chi connectivity index (χ1v) is 21.7. The Morgan fingerprint density at radius 3 is 0.800 bits per heavy atom. The zero-order chi connectivity index (χ0) is 9.00. The minimum absolute atomic E-state index is 1.00. The van der Waals surface area contributed by atoms with Gasteiger partial charge in [0.15, 0.2) is 0 Å². The molecule has 68 valence electrons. The third-order valence-corrected chi connectivity index (χ3v) is 0. The van der Waals surface area contributed by atoms with Crippen LogP contribution in [0.3, 0.4) is 0 Å². The molecule has 1 nitrogen and oxygen atoms in total. The molecule has 0 aromatic heterocycles. The molecular weight excluding hydrogens is 509 g/mol. The molecule has 0 amide bonds. The molecule has 10 heavy (non-hydrogen) atoms. The molecule has 0 rings (SSSR count). The van der Waals surface area contributed by atoms with Gasteiger partial charge in [-0.05, 0) is 0 Å². The van der Waals surface area contributed by atoms with Crippen LogP contribution in [0.4, 0.5) is 0 Å². The number of hydrogen-bond acceptors (Lipinski definition) is 0. The van der Waals surface area contributed by atoms with Gasteiger partial charge in [0, 0.05) is 0 Å². The third-order valence-electron chi connectivity index (χ3n) is 0. The molecule has 0 atom stereocenters. The summed E-state index contributed by atoms with van der Waals surface area (Å²) in [4.78, 5) is 0. The number of halogens is 5. The molecule has 6 heteroatoms. The van der Waals surface area contributed by atoms with Crippen LogP contribution in [-0.4, -0.2) is 32.7 Å². The van der Waals surface area contributed by atoms with E-state index < -0.39 is 9.53 Å². The SMILES string of the molecule is Br[I-](Br)(Br)Br.C[N+](C)(C)C. The molecule has 0 N–H and O–H groups in total. The van der Waals surface area contributed by atoms with Crippen molar-refractivity contribution in [3.8, 4) is 0 Å². The average Bonchev–Trinajstić information content (AvgIpc) is 1.12. The molecule has 0 saturated carbocycles. The molecule has 0 aromatic rings. The van der Waals surface area contributed by atoms with Crippen LogP contribution >= 0.6 is 50.8 Å². The van der Waals surface area contributed by atoms with Crippen LogP contribution in [0.1, 0.15) is 0 Å². The minimum Gasteiger partial charge on any atom is -0.333 e. The summed E-state index contributed by atoms with van der Waals surface area (Å²) < 4.78 is 1.00. The second kappa shape index (κ2) is 6.12. The van der Waals surface area contributed by atoms with E-state index >= 15 is 0 Å². The fourth-order valence-corrected chi connectivity index (χ4v) is 0. The summed E-state index contributed by atoms with van der Waals surface area (Å²) in [6, 6.07) is 0. The van der Waals surface area contributed by atoms with Crippen LogP contribution in [0.15, 0.2) is 0 Å². The molecule has 0 aliphatic rings. The molecule has 0 aliphatic heterocycles. The normalized spacial score (nSPS) is 13.6. The first-order chi connectivity index (χ1) is 4.00. The van der Waals surface area contributed by atoms with Crippen molar-refractivity contribution in [2.45, 2.75) is 0 Å². The minimum atomic E-state index is -1.69. The van der Waals surface area contributed by atoms with Gasteiger partial charge in [-0.25, -0.2) is 0 Å². The van der Waals surface area contributed by atoms with Gasteiger partial charge in [-0.3, -0.25) is 0 Å². The Kier molecular flexibility index (Phi) is 9.25. The van der Waals surface area contributed by atoms with Crippen LogP contribution in [0.2, 0.25) is 0 Å². The second-order valence-corrected chi connectivity index (χ2v) is 61.4. The molecule has 0 heterocycles. The third kappa shape index (κ3) is 144. The predicted octanol–water partition coefficient (Wildman–Crippen LogP) is 0.709. The summed E-state index contributed by atoms with van der Waals surface area (Å²) >= 11 is 13.2. The molecule has 0 aliphatic carbocycles. The molecule has 0 fully saturated rings. The van der Waals surface area contributed by atoms with E-state index in [0.29, 0.717) is 0 Å². The first-order valence-electron chi connectivity index (χ1n) is 2.36. The largest absolute Gasteiger partial charge is 0.333 e. The number of rotatable bonds is 0. The van der Waals surface area contributed by atoms with Crippen molar-refractivity contribution >= 4 is 50.8 Å². The van der Waals surface area contributed by atoms with Crippen molar-refractivity contribution in [3.05, 3.63) is 0 Å². The van der Waals surface area contributed by atoms with E-state index in [0.717, 1.165) is 4.48 Å². The van der Waals surface area contributed by atoms with Gasteiger partial charge < -0.3 is 4.48 Å².